The van der Waals surface area contributed by atoms with E-state index in [0.717, 1.165) is 5.56 Å². The van der Waals surface area contributed by atoms with Gasteiger partial charge in [0, 0.05) is 17.8 Å². The van der Waals surface area contributed by atoms with E-state index in [4.69, 9.17) is 30.5 Å². The van der Waals surface area contributed by atoms with Crippen molar-refractivity contribution in [3.05, 3.63) is 94.2 Å². The number of rotatable bonds is 10. The molecule has 0 radical (unpaired) electrons. The van der Waals surface area contributed by atoms with Gasteiger partial charge in [0.2, 0.25) is 5.95 Å². The SMILES string of the molecule is CCOc1cc([C@H]2C(C(=O)Nc3cc(OC)c(Cl)cc3OC)=C(C)Nc3ncnn32)ccc1OCc1ccc(F)cc1. The third-order valence-electron chi connectivity index (χ3n) is 6.65. The average Bonchev–Trinajstić information content (AvgIpc) is 3.45. The Hall–Kier alpha value is -4.77. The van der Waals surface area contributed by atoms with Crippen molar-refractivity contribution in [3.8, 4) is 23.0 Å². The number of hydrogen-bond donors (Lipinski definition) is 2. The largest absolute Gasteiger partial charge is 0.495 e. The predicted octanol–water partition coefficient (Wildman–Crippen LogP) is 5.99. The predicted molar refractivity (Wildman–Crippen MR) is 156 cm³/mol. The highest BCUT2D eigenvalue weighted by atomic mass is 35.5. The summed E-state index contributed by atoms with van der Waals surface area (Å²) in [6.45, 7) is 4.27. The molecule has 0 saturated heterocycles. The Morgan fingerprint density at radius 1 is 1.02 bits per heavy atom. The Labute approximate surface area is 247 Å². The number of nitrogens with one attached hydrogen (secondary N) is 2. The summed E-state index contributed by atoms with van der Waals surface area (Å²) in [5.74, 6) is 1.51. The first-order chi connectivity index (χ1) is 20.3. The number of amides is 1. The molecule has 42 heavy (non-hydrogen) atoms. The Bertz CT molecular complexity index is 1640. The molecule has 10 nitrogen and oxygen atoms in total. The molecule has 1 aliphatic heterocycles. The van der Waals surface area contributed by atoms with Crippen LogP contribution in [0.15, 0.2) is 72.2 Å². The van der Waals surface area contributed by atoms with Crippen molar-refractivity contribution < 1.29 is 28.1 Å². The third-order valence-corrected chi connectivity index (χ3v) is 6.95. The van der Waals surface area contributed by atoms with E-state index in [0.29, 0.717) is 63.1 Å². The average molecular weight is 594 g/mol. The minimum Gasteiger partial charge on any atom is -0.495 e. The lowest BCUT2D eigenvalue weighted by Gasteiger charge is -2.29. The van der Waals surface area contributed by atoms with Crippen LogP contribution in [0.5, 0.6) is 23.0 Å². The summed E-state index contributed by atoms with van der Waals surface area (Å²) >= 11 is 6.26. The van der Waals surface area contributed by atoms with Gasteiger partial charge in [-0.05, 0) is 49.2 Å². The number of aromatic nitrogens is 3. The monoisotopic (exact) mass is 593 g/mol. The van der Waals surface area contributed by atoms with Crippen LogP contribution in [-0.4, -0.2) is 41.5 Å². The molecule has 0 saturated carbocycles. The van der Waals surface area contributed by atoms with E-state index in [9.17, 15) is 9.18 Å². The molecule has 1 amide bonds. The lowest BCUT2D eigenvalue weighted by Crippen LogP contribution is -2.31. The topological polar surface area (TPSA) is 109 Å². The van der Waals surface area contributed by atoms with Crippen LogP contribution in [0.3, 0.4) is 0 Å². The zero-order valence-electron chi connectivity index (χ0n) is 23.4. The van der Waals surface area contributed by atoms with Crippen molar-refractivity contribution in [1.29, 1.82) is 0 Å². The second-order valence-electron chi connectivity index (χ2n) is 9.29. The number of allylic oxidation sites excluding steroid dienone is 1. The van der Waals surface area contributed by atoms with Crippen molar-refractivity contribution in [3.63, 3.8) is 0 Å². The number of halogens is 2. The molecule has 1 atom stereocenters. The first-order valence-electron chi connectivity index (χ1n) is 13.1. The Balaban J connectivity index is 1.50. The number of nitrogens with zero attached hydrogens (tertiary/aromatic N) is 3. The van der Waals surface area contributed by atoms with Gasteiger partial charge in [-0.25, -0.2) is 9.07 Å². The van der Waals surface area contributed by atoms with Crippen molar-refractivity contribution in [2.24, 2.45) is 0 Å². The van der Waals surface area contributed by atoms with Gasteiger partial charge in [-0.1, -0.05) is 29.8 Å². The Morgan fingerprint density at radius 3 is 2.50 bits per heavy atom. The number of benzene rings is 3. The lowest BCUT2D eigenvalue weighted by molar-refractivity contribution is -0.113. The van der Waals surface area contributed by atoms with Gasteiger partial charge in [-0.2, -0.15) is 10.1 Å². The fourth-order valence-corrected chi connectivity index (χ4v) is 4.90. The molecule has 0 aliphatic carbocycles. The summed E-state index contributed by atoms with van der Waals surface area (Å²) in [4.78, 5) is 18.2. The van der Waals surface area contributed by atoms with Crippen molar-refractivity contribution in [2.45, 2.75) is 26.5 Å². The molecule has 0 spiro atoms. The number of ether oxygens (including phenoxy) is 4. The first kappa shape index (κ1) is 28.7. The molecule has 4 aromatic rings. The van der Waals surface area contributed by atoms with E-state index in [1.54, 1.807) is 41.9 Å². The third kappa shape index (κ3) is 5.82. The van der Waals surface area contributed by atoms with Gasteiger partial charge < -0.3 is 29.6 Å². The summed E-state index contributed by atoms with van der Waals surface area (Å²) < 4.78 is 37.7. The molecule has 1 aliphatic rings. The lowest BCUT2D eigenvalue weighted by atomic mass is 9.94. The van der Waals surface area contributed by atoms with Gasteiger partial charge in [-0.3, -0.25) is 4.79 Å². The first-order valence-corrected chi connectivity index (χ1v) is 13.4. The summed E-state index contributed by atoms with van der Waals surface area (Å²) in [6, 6.07) is 14.0. The van der Waals surface area contributed by atoms with E-state index in [1.807, 2.05) is 19.1 Å². The number of carbonyl (C=O) groups is 1. The number of anilines is 2. The Morgan fingerprint density at radius 2 is 1.79 bits per heavy atom. The molecule has 2 N–H and O–H groups in total. The molecular formula is C30H29ClFN5O5. The van der Waals surface area contributed by atoms with Crippen LogP contribution >= 0.6 is 11.6 Å². The van der Waals surface area contributed by atoms with Gasteiger partial charge in [0.05, 0.1) is 37.1 Å². The second kappa shape index (κ2) is 12.4. The molecule has 12 heteroatoms. The standard InChI is InChI=1S/C30H29ClFN5O5/c1-5-41-26-12-19(8-11-23(26)42-15-18-6-9-20(32)10-7-18)28-27(17(2)35-30-33-16-34-37(28)30)29(38)36-22-14-24(39-3)21(31)13-25(22)40-4/h6-14,16,28H,5,15H2,1-4H3,(H,36,38)(H,33,34,35)/t28-/m0/s1. The van der Waals surface area contributed by atoms with Crippen molar-refractivity contribution >= 4 is 29.1 Å². The van der Waals surface area contributed by atoms with Gasteiger partial charge >= 0.3 is 0 Å². The fraction of sp³-hybridized carbons (Fsp3) is 0.233. The van der Waals surface area contributed by atoms with Crippen LogP contribution in [0, 0.1) is 5.82 Å². The van der Waals surface area contributed by atoms with Crippen LogP contribution in [0.2, 0.25) is 5.02 Å². The van der Waals surface area contributed by atoms with Crippen LogP contribution in [-0.2, 0) is 11.4 Å². The molecule has 1 aromatic heterocycles. The van der Waals surface area contributed by atoms with Crippen LogP contribution in [0.25, 0.3) is 0 Å². The van der Waals surface area contributed by atoms with E-state index < -0.39 is 11.9 Å². The minimum absolute atomic E-state index is 0.222. The summed E-state index contributed by atoms with van der Waals surface area (Å²) in [5, 5.41) is 10.8. The molecule has 0 unspecified atom stereocenters. The van der Waals surface area contributed by atoms with Crippen LogP contribution < -0.4 is 29.6 Å². The summed E-state index contributed by atoms with van der Waals surface area (Å²) in [7, 11) is 2.97. The zero-order valence-corrected chi connectivity index (χ0v) is 24.2. The molecule has 0 bridgehead atoms. The fourth-order valence-electron chi connectivity index (χ4n) is 4.67. The van der Waals surface area contributed by atoms with Crippen molar-refractivity contribution in [2.75, 3.05) is 31.5 Å². The molecule has 2 heterocycles. The molecule has 0 fully saturated rings. The van der Waals surface area contributed by atoms with E-state index in [2.05, 4.69) is 20.7 Å². The molecular weight excluding hydrogens is 565 g/mol. The highest BCUT2D eigenvalue weighted by Gasteiger charge is 2.34. The molecule has 3 aromatic carbocycles. The highest BCUT2D eigenvalue weighted by molar-refractivity contribution is 6.32. The van der Waals surface area contributed by atoms with Gasteiger partial charge in [0.15, 0.2) is 11.5 Å². The number of methoxy groups -OCH3 is 2. The molecule has 5 rings (SSSR count). The zero-order chi connectivity index (χ0) is 29.8. The van der Waals surface area contributed by atoms with Gasteiger partial charge in [-0.15, -0.1) is 0 Å². The van der Waals surface area contributed by atoms with Crippen LogP contribution in [0.1, 0.15) is 31.0 Å². The molecule has 218 valence electrons. The minimum atomic E-state index is -0.658. The summed E-state index contributed by atoms with van der Waals surface area (Å²) in [6.07, 6.45) is 1.42. The highest BCUT2D eigenvalue weighted by Crippen LogP contribution is 2.41. The van der Waals surface area contributed by atoms with Crippen molar-refractivity contribution in [1.82, 2.24) is 14.8 Å². The van der Waals surface area contributed by atoms with E-state index >= 15 is 0 Å². The summed E-state index contributed by atoms with van der Waals surface area (Å²) in [5.41, 5.74) is 2.89. The number of fused-ring (bicyclic) bond motifs is 1. The maximum absolute atomic E-state index is 13.9. The maximum Gasteiger partial charge on any atom is 0.255 e. The quantitative estimate of drug-likeness (QED) is 0.231. The normalized spacial score (nSPS) is 14.1. The smallest absolute Gasteiger partial charge is 0.255 e. The van der Waals surface area contributed by atoms with E-state index in [-0.39, 0.29) is 12.4 Å². The van der Waals surface area contributed by atoms with Crippen LogP contribution in [0.4, 0.5) is 16.0 Å². The number of carbonyl (C=O) groups excluding carboxylic acids is 1. The second-order valence-corrected chi connectivity index (χ2v) is 9.70. The van der Waals surface area contributed by atoms with Gasteiger partial charge in [0.25, 0.3) is 5.91 Å². The Kier molecular flexibility index (Phi) is 8.48. The van der Waals surface area contributed by atoms with E-state index in [1.165, 1.54) is 32.7 Å². The van der Waals surface area contributed by atoms with Gasteiger partial charge in [0.1, 0.15) is 36.3 Å². The number of hydrogen-bond acceptors (Lipinski definition) is 8. The maximum atomic E-state index is 13.9.